The largest absolute Gasteiger partial charge is 0.496 e. The minimum absolute atomic E-state index is 0.0360. The second-order valence-electron chi connectivity index (χ2n) is 5.68. The third kappa shape index (κ3) is 4.93. The van der Waals surface area contributed by atoms with Crippen molar-refractivity contribution in [3.05, 3.63) is 28.8 Å². The Morgan fingerprint density at radius 1 is 1.33 bits per heavy atom. The summed E-state index contributed by atoms with van der Waals surface area (Å²) in [4.78, 5) is 24.7. The lowest BCUT2D eigenvalue weighted by Crippen LogP contribution is -2.48. The van der Waals surface area contributed by atoms with Crippen LogP contribution in [-0.2, 0) is 16.0 Å². The van der Waals surface area contributed by atoms with Gasteiger partial charge in [-0.3, -0.25) is 9.59 Å². The molecule has 1 N–H and O–H groups in total. The van der Waals surface area contributed by atoms with Gasteiger partial charge in [0.15, 0.2) is 0 Å². The molecule has 1 amide bonds. The van der Waals surface area contributed by atoms with Crippen LogP contribution >= 0.6 is 11.6 Å². The molecular formula is C15H20ClNO4. The van der Waals surface area contributed by atoms with Gasteiger partial charge in [-0.15, -0.1) is 0 Å². The maximum atomic E-state index is 12.4. The fourth-order valence-corrected chi connectivity index (χ4v) is 2.17. The number of hydrogen-bond donors (Lipinski definition) is 1. The highest BCUT2D eigenvalue weighted by Gasteiger charge is 2.28. The molecule has 0 radical (unpaired) electrons. The molecule has 0 saturated heterocycles. The quantitative estimate of drug-likeness (QED) is 0.907. The van der Waals surface area contributed by atoms with Gasteiger partial charge < -0.3 is 14.7 Å². The zero-order chi connectivity index (χ0) is 16.2. The number of carboxylic acids is 1. The van der Waals surface area contributed by atoms with Crippen molar-refractivity contribution in [2.45, 2.75) is 32.7 Å². The molecule has 0 saturated carbocycles. The van der Waals surface area contributed by atoms with Crippen LogP contribution in [0.25, 0.3) is 0 Å². The van der Waals surface area contributed by atoms with Crippen molar-refractivity contribution >= 4 is 23.5 Å². The van der Waals surface area contributed by atoms with Crippen molar-refractivity contribution < 1.29 is 19.4 Å². The Hall–Kier alpha value is -1.75. The Balaban J connectivity index is 3.01. The number of halogens is 1. The van der Waals surface area contributed by atoms with Crippen molar-refractivity contribution in [3.63, 3.8) is 0 Å². The third-order valence-electron chi connectivity index (χ3n) is 2.99. The molecule has 1 rings (SSSR count). The molecule has 1 aromatic rings. The highest BCUT2D eigenvalue weighted by Crippen LogP contribution is 2.24. The topological polar surface area (TPSA) is 66.8 Å². The van der Waals surface area contributed by atoms with E-state index in [4.69, 9.17) is 21.4 Å². The molecule has 0 aliphatic carbocycles. The summed E-state index contributed by atoms with van der Waals surface area (Å²) < 4.78 is 5.20. The van der Waals surface area contributed by atoms with Crippen LogP contribution < -0.4 is 4.74 Å². The number of aliphatic carboxylic acids is 1. The molecule has 0 heterocycles. The number of carbonyl (C=O) groups is 2. The number of ether oxygens (including phenoxy) is 1. The van der Waals surface area contributed by atoms with Crippen molar-refractivity contribution in [1.82, 2.24) is 4.90 Å². The van der Waals surface area contributed by atoms with Crippen LogP contribution in [0.1, 0.15) is 26.3 Å². The fourth-order valence-electron chi connectivity index (χ4n) is 1.98. The maximum absolute atomic E-state index is 12.4. The van der Waals surface area contributed by atoms with E-state index < -0.39 is 11.5 Å². The number of hydrogen-bond acceptors (Lipinski definition) is 3. The lowest BCUT2D eigenvalue weighted by molar-refractivity contribution is -0.147. The van der Waals surface area contributed by atoms with Crippen LogP contribution in [0.2, 0.25) is 5.02 Å². The highest BCUT2D eigenvalue weighted by atomic mass is 35.5. The number of carboxylic acid groups (broad SMARTS) is 1. The molecule has 1 aromatic carbocycles. The molecule has 0 aliphatic rings. The van der Waals surface area contributed by atoms with Gasteiger partial charge in [0.2, 0.25) is 5.91 Å². The van der Waals surface area contributed by atoms with Crippen LogP contribution in [0.15, 0.2) is 18.2 Å². The molecule has 0 aromatic heterocycles. The van der Waals surface area contributed by atoms with Gasteiger partial charge in [-0.05, 0) is 39.0 Å². The van der Waals surface area contributed by atoms with E-state index >= 15 is 0 Å². The van der Waals surface area contributed by atoms with E-state index in [9.17, 15) is 9.59 Å². The Bertz CT molecular complexity index is 537. The van der Waals surface area contributed by atoms with E-state index in [-0.39, 0.29) is 18.9 Å². The Labute approximate surface area is 129 Å². The highest BCUT2D eigenvalue weighted by molar-refractivity contribution is 6.30. The molecule has 0 spiro atoms. The Morgan fingerprint density at radius 2 is 1.95 bits per heavy atom. The minimum atomic E-state index is -1.05. The first-order chi connectivity index (χ1) is 9.65. The lowest BCUT2D eigenvalue weighted by atomic mass is 10.0. The van der Waals surface area contributed by atoms with E-state index in [1.807, 2.05) is 0 Å². The van der Waals surface area contributed by atoms with Crippen molar-refractivity contribution in [2.24, 2.45) is 0 Å². The van der Waals surface area contributed by atoms with Crippen molar-refractivity contribution in [2.75, 3.05) is 13.7 Å². The Kier molecular flexibility index (Phi) is 5.61. The summed E-state index contributed by atoms with van der Waals surface area (Å²) in [6.45, 7) is 5.04. The van der Waals surface area contributed by atoms with Gasteiger partial charge in [0, 0.05) is 16.1 Å². The molecular weight excluding hydrogens is 294 g/mol. The first-order valence-corrected chi connectivity index (χ1v) is 6.87. The second kappa shape index (κ2) is 6.80. The molecule has 0 fully saturated rings. The number of benzene rings is 1. The molecule has 0 aliphatic heterocycles. The maximum Gasteiger partial charge on any atom is 0.323 e. The van der Waals surface area contributed by atoms with Gasteiger partial charge in [0.1, 0.15) is 12.3 Å². The summed E-state index contributed by atoms with van der Waals surface area (Å²) in [6, 6.07) is 5.01. The summed E-state index contributed by atoms with van der Waals surface area (Å²) in [6.07, 6.45) is 0.0360. The summed E-state index contributed by atoms with van der Waals surface area (Å²) in [5.41, 5.74) is 0.0519. The molecule has 5 nitrogen and oxygen atoms in total. The molecule has 21 heavy (non-hydrogen) atoms. The summed E-state index contributed by atoms with van der Waals surface area (Å²) in [7, 11) is 1.51. The van der Waals surface area contributed by atoms with Gasteiger partial charge in [-0.2, -0.15) is 0 Å². The number of amides is 1. The fraction of sp³-hybridized carbons (Fsp3) is 0.467. The lowest BCUT2D eigenvalue weighted by Gasteiger charge is -2.34. The smallest absolute Gasteiger partial charge is 0.323 e. The summed E-state index contributed by atoms with van der Waals surface area (Å²) in [5, 5.41) is 9.47. The van der Waals surface area contributed by atoms with Gasteiger partial charge >= 0.3 is 5.97 Å². The first-order valence-electron chi connectivity index (χ1n) is 6.50. The molecule has 6 heteroatoms. The zero-order valence-corrected chi connectivity index (χ0v) is 13.4. The molecule has 0 unspecified atom stereocenters. The monoisotopic (exact) mass is 313 g/mol. The summed E-state index contributed by atoms with van der Waals surface area (Å²) in [5.74, 6) is -0.779. The minimum Gasteiger partial charge on any atom is -0.496 e. The second-order valence-corrected chi connectivity index (χ2v) is 6.11. The van der Waals surface area contributed by atoms with Crippen molar-refractivity contribution in [3.8, 4) is 5.75 Å². The van der Waals surface area contributed by atoms with E-state index in [0.717, 1.165) is 0 Å². The first kappa shape index (κ1) is 17.3. The van der Waals surface area contributed by atoms with Crippen LogP contribution in [0, 0.1) is 0 Å². The van der Waals surface area contributed by atoms with Gasteiger partial charge in [-0.25, -0.2) is 0 Å². The number of nitrogens with zero attached hydrogens (tertiary/aromatic N) is 1. The van der Waals surface area contributed by atoms with E-state index in [2.05, 4.69) is 0 Å². The molecule has 116 valence electrons. The predicted octanol–water partition coefficient (Wildman–Crippen LogP) is 2.60. The van der Waals surface area contributed by atoms with Crippen LogP contribution in [0.4, 0.5) is 0 Å². The number of carbonyl (C=O) groups excluding carboxylic acids is 1. The van der Waals surface area contributed by atoms with Gasteiger partial charge in [0.25, 0.3) is 0 Å². The van der Waals surface area contributed by atoms with E-state index in [0.29, 0.717) is 16.3 Å². The number of methoxy groups -OCH3 is 1. The van der Waals surface area contributed by atoms with Gasteiger partial charge in [0.05, 0.1) is 13.5 Å². The van der Waals surface area contributed by atoms with E-state index in [1.54, 1.807) is 39.0 Å². The average Bonchev–Trinajstić information content (AvgIpc) is 2.34. The Morgan fingerprint density at radius 3 is 2.43 bits per heavy atom. The van der Waals surface area contributed by atoms with Crippen LogP contribution in [0.3, 0.4) is 0 Å². The van der Waals surface area contributed by atoms with Crippen LogP contribution in [0.5, 0.6) is 5.75 Å². The predicted molar refractivity (Wildman–Crippen MR) is 80.8 cm³/mol. The third-order valence-corrected chi connectivity index (χ3v) is 3.22. The molecule has 0 bridgehead atoms. The molecule has 0 atom stereocenters. The zero-order valence-electron chi connectivity index (χ0n) is 12.6. The normalized spacial score (nSPS) is 11.1. The average molecular weight is 314 g/mol. The standard InChI is InChI=1S/C15H20ClNO4/c1-15(2,3)17(9-14(19)20)13(18)8-10-7-11(16)5-6-12(10)21-4/h5-7H,8-9H2,1-4H3,(H,19,20). The SMILES string of the molecule is COc1ccc(Cl)cc1CC(=O)N(CC(=O)O)C(C)(C)C. The van der Waals surface area contributed by atoms with Crippen LogP contribution in [-0.4, -0.2) is 41.1 Å². The van der Waals surface area contributed by atoms with Gasteiger partial charge in [-0.1, -0.05) is 11.6 Å². The van der Waals surface area contributed by atoms with Crippen molar-refractivity contribution in [1.29, 1.82) is 0 Å². The number of rotatable bonds is 5. The summed E-state index contributed by atoms with van der Waals surface area (Å²) >= 11 is 5.94. The van der Waals surface area contributed by atoms with E-state index in [1.165, 1.54) is 12.0 Å².